The van der Waals surface area contributed by atoms with Crippen LogP contribution in [0.5, 0.6) is 0 Å². The molecule has 204 valence electrons. The molecule has 0 N–H and O–H groups in total. The van der Waals surface area contributed by atoms with E-state index in [9.17, 15) is 18.0 Å². The number of rotatable bonds is 7. The summed E-state index contributed by atoms with van der Waals surface area (Å²) in [5, 5.41) is 2.33. The van der Waals surface area contributed by atoms with Gasteiger partial charge in [0.05, 0.1) is 22.6 Å². The van der Waals surface area contributed by atoms with E-state index in [1.165, 1.54) is 23.5 Å². The van der Waals surface area contributed by atoms with E-state index in [-0.39, 0.29) is 22.8 Å². The Labute approximate surface area is 232 Å². The van der Waals surface area contributed by atoms with Crippen LogP contribution in [-0.4, -0.2) is 36.5 Å². The Morgan fingerprint density at radius 3 is 2.23 bits per heavy atom. The summed E-state index contributed by atoms with van der Waals surface area (Å²) < 4.78 is 40.4. The molecule has 39 heavy (non-hydrogen) atoms. The predicted molar refractivity (Wildman–Crippen MR) is 154 cm³/mol. The van der Waals surface area contributed by atoms with Crippen molar-refractivity contribution in [3.8, 4) is 0 Å². The van der Waals surface area contributed by atoms with Crippen LogP contribution in [0.4, 0.5) is 0 Å². The van der Waals surface area contributed by atoms with Gasteiger partial charge in [0.2, 0.25) is 0 Å². The number of fused-ring (bicyclic) bond motifs is 1. The first-order valence-corrected chi connectivity index (χ1v) is 14.8. The first-order chi connectivity index (χ1) is 18.4. The summed E-state index contributed by atoms with van der Waals surface area (Å²) >= 11 is 1.35. The number of hydrogen-bond donors (Lipinski definition) is 0. The SMILES string of the molecule is CCOC(=O)c1c(C(C)=C(C(=O)OC(C)(C)C)c2cccs2)c2ccccc2n1S(=O)(=O)c1ccc(C)cc1. The van der Waals surface area contributed by atoms with Crippen LogP contribution in [0, 0.1) is 6.92 Å². The fourth-order valence-electron chi connectivity index (χ4n) is 4.35. The average Bonchev–Trinajstić information content (AvgIpc) is 3.50. The summed E-state index contributed by atoms with van der Waals surface area (Å²) in [5.74, 6) is -1.39. The van der Waals surface area contributed by atoms with Crippen LogP contribution >= 0.6 is 11.3 Å². The van der Waals surface area contributed by atoms with Crippen LogP contribution in [0.2, 0.25) is 0 Å². The van der Waals surface area contributed by atoms with Crippen LogP contribution in [0.25, 0.3) is 22.0 Å². The lowest BCUT2D eigenvalue weighted by molar-refractivity contribution is -0.147. The molecule has 0 aliphatic heterocycles. The smallest absolute Gasteiger partial charge is 0.356 e. The molecule has 9 heteroatoms. The van der Waals surface area contributed by atoms with Gasteiger partial charge in [-0.1, -0.05) is 42.0 Å². The molecule has 0 fully saturated rings. The number of carbonyl (C=O) groups is 2. The van der Waals surface area contributed by atoms with Gasteiger partial charge in [-0.2, -0.15) is 0 Å². The van der Waals surface area contributed by atoms with E-state index in [0.29, 0.717) is 26.9 Å². The van der Waals surface area contributed by atoms with Gasteiger partial charge in [0.1, 0.15) is 5.60 Å². The molecule has 0 radical (unpaired) electrons. The molecule has 7 nitrogen and oxygen atoms in total. The van der Waals surface area contributed by atoms with Crippen molar-refractivity contribution in [1.29, 1.82) is 0 Å². The predicted octanol–water partition coefficient (Wildman–Crippen LogP) is 6.70. The topological polar surface area (TPSA) is 91.7 Å². The van der Waals surface area contributed by atoms with Gasteiger partial charge in [0.15, 0.2) is 5.69 Å². The second-order valence-electron chi connectivity index (χ2n) is 10.0. The van der Waals surface area contributed by atoms with Crippen LogP contribution in [0.15, 0.2) is 70.9 Å². The number of ether oxygens (including phenoxy) is 2. The third-order valence-corrected chi connectivity index (χ3v) is 8.60. The highest BCUT2D eigenvalue weighted by Gasteiger charge is 2.34. The van der Waals surface area contributed by atoms with Gasteiger partial charge < -0.3 is 9.47 Å². The van der Waals surface area contributed by atoms with Crippen molar-refractivity contribution in [2.24, 2.45) is 0 Å². The van der Waals surface area contributed by atoms with Crippen molar-refractivity contribution < 1.29 is 27.5 Å². The van der Waals surface area contributed by atoms with E-state index < -0.39 is 27.6 Å². The minimum absolute atomic E-state index is 0.0261. The van der Waals surface area contributed by atoms with Crippen molar-refractivity contribution in [2.75, 3.05) is 6.61 Å². The second-order valence-corrected chi connectivity index (χ2v) is 12.8. The zero-order chi connectivity index (χ0) is 28.5. The summed E-state index contributed by atoms with van der Waals surface area (Å²) in [6.07, 6.45) is 0. The third-order valence-electron chi connectivity index (χ3n) is 5.98. The number of para-hydroxylation sites is 1. The molecular weight excluding hydrogens is 534 g/mol. The largest absolute Gasteiger partial charge is 0.461 e. The number of esters is 2. The van der Waals surface area contributed by atoms with Crippen molar-refractivity contribution in [3.05, 3.63) is 87.7 Å². The van der Waals surface area contributed by atoms with Crippen LogP contribution in [0.3, 0.4) is 0 Å². The molecule has 0 bridgehead atoms. The minimum atomic E-state index is -4.24. The fourth-order valence-corrected chi connectivity index (χ4v) is 6.68. The lowest BCUT2D eigenvalue weighted by atomic mass is 9.97. The highest BCUT2D eigenvalue weighted by molar-refractivity contribution is 7.90. The first-order valence-electron chi connectivity index (χ1n) is 12.5. The van der Waals surface area contributed by atoms with Crippen molar-refractivity contribution in [3.63, 3.8) is 0 Å². The molecule has 0 spiro atoms. The molecule has 2 aromatic carbocycles. The van der Waals surface area contributed by atoms with Crippen molar-refractivity contribution >= 4 is 55.3 Å². The van der Waals surface area contributed by atoms with E-state index >= 15 is 0 Å². The van der Waals surface area contributed by atoms with Crippen LogP contribution < -0.4 is 0 Å². The number of nitrogens with zero attached hydrogens (tertiary/aromatic N) is 1. The van der Waals surface area contributed by atoms with Crippen molar-refractivity contribution in [1.82, 2.24) is 3.97 Å². The molecule has 4 aromatic rings. The Morgan fingerprint density at radius 1 is 0.974 bits per heavy atom. The van der Waals surface area contributed by atoms with E-state index in [2.05, 4.69) is 0 Å². The Hall–Kier alpha value is -3.69. The lowest BCUT2D eigenvalue weighted by Gasteiger charge is -2.21. The summed E-state index contributed by atoms with van der Waals surface area (Å²) in [7, 11) is -4.24. The summed E-state index contributed by atoms with van der Waals surface area (Å²) in [6.45, 7) is 10.6. The van der Waals surface area contributed by atoms with Gasteiger partial charge in [-0.25, -0.2) is 22.0 Å². The highest BCUT2D eigenvalue weighted by Crippen LogP contribution is 2.40. The van der Waals surface area contributed by atoms with Gasteiger partial charge in [0, 0.05) is 15.8 Å². The Bertz CT molecular complexity index is 1670. The maximum absolute atomic E-state index is 14.1. The molecule has 0 aliphatic rings. The maximum atomic E-state index is 14.1. The Morgan fingerprint density at radius 2 is 1.64 bits per heavy atom. The molecule has 0 aliphatic carbocycles. The Kier molecular flexibility index (Phi) is 7.86. The zero-order valence-corrected chi connectivity index (χ0v) is 24.4. The molecule has 4 rings (SSSR count). The maximum Gasteiger partial charge on any atom is 0.356 e. The number of carbonyl (C=O) groups excluding carboxylic acids is 2. The highest BCUT2D eigenvalue weighted by atomic mass is 32.2. The number of benzene rings is 2. The molecule has 0 amide bonds. The van der Waals surface area contributed by atoms with Gasteiger partial charge in [0.25, 0.3) is 10.0 Å². The van der Waals surface area contributed by atoms with Crippen molar-refractivity contribution in [2.45, 2.75) is 52.0 Å². The number of allylic oxidation sites excluding steroid dienone is 1. The molecular formula is C30H31NO6S2. The summed E-state index contributed by atoms with van der Waals surface area (Å²) in [5.41, 5.74) is 1.21. The normalized spacial score (nSPS) is 12.8. The lowest BCUT2D eigenvalue weighted by Crippen LogP contribution is -2.25. The van der Waals surface area contributed by atoms with E-state index in [4.69, 9.17) is 9.47 Å². The quantitative estimate of drug-likeness (QED) is 0.183. The van der Waals surface area contributed by atoms with Gasteiger partial charge in [-0.15, -0.1) is 11.3 Å². The monoisotopic (exact) mass is 565 g/mol. The van der Waals surface area contributed by atoms with Gasteiger partial charge in [-0.3, -0.25) is 0 Å². The molecule has 2 aromatic heterocycles. The third kappa shape index (κ3) is 5.55. The summed E-state index contributed by atoms with van der Waals surface area (Å²) in [6, 6.07) is 16.9. The zero-order valence-electron chi connectivity index (χ0n) is 22.8. The van der Waals surface area contributed by atoms with Gasteiger partial charge >= 0.3 is 11.9 Å². The van der Waals surface area contributed by atoms with E-state index in [1.807, 2.05) is 18.4 Å². The van der Waals surface area contributed by atoms with E-state index in [1.54, 1.807) is 77.1 Å². The number of thiophene rings is 1. The molecule has 0 saturated heterocycles. The van der Waals surface area contributed by atoms with Gasteiger partial charge in [-0.05, 0) is 76.8 Å². The summed E-state index contributed by atoms with van der Waals surface area (Å²) in [4.78, 5) is 27.8. The number of hydrogen-bond acceptors (Lipinski definition) is 7. The Balaban J connectivity index is 2.14. The average molecular weight is 566 g/mol. The molecule has 0 unspecified atom stereocenters. The van der Waals surface area contributed by atoms with Crippen LogP contribution in [0.1, 0.15) is 61.1 Å². The fraction of sp³-hybridized carbons (Fsp3) is 0.267. The van der Waals surface area contributed by atoms with Crippen LogP contribution in [-0.2, 0) is 24.3 Å². The first kappa shape index (κ1) is 28.3. The number of aromatic nitrogens is 1. The van der Waals surface area contributed by atoms with E-state index in [0.717, 1.165) is 9.54 Å². The minimum Gasteiger partial charge on any atom is -0.461 e. The number of aryl methyl sites for hydroxylation is 1. The standard InChI is InChI=1S/C30H31NO6S2/c1-7-36-29(33)27-25(20(3)26(24-13-10-18-38-24)28(32)37-30(4,5)6)22-11-8-9-12-23(22)31(27)39(34,35)21-16-14-19(2)15-17-21/h8-18H,7H2,1-6H3. The molecule has 2 heterocycles. The molecule has 0 saturated carbocycles. The second kappa shape index (κ2) is 10.8. The molecule has 0 atom stereocenters.